The summed E-state index contributed by atoms with van der Waals surface area (Å²) in [6.45, 7) is 0. The van der Waals surface area contributed by atoms with Crippen molar-refractivity contribution in [2.24, 2.45) is 0 Å². The van der Waals surface area contributed by atoms with Gasteiger partial charge in [-0.25, -0.2) is 9.78 Å². The fraction of sp³-hybridized carbons (Fsp3) is 0.0588. The number of imidazole rings is 1. The van der Waals surface area contributed by atoms with Gasteiger partial charge in [0, 0.05) is 18.1 Å². The van der Waals surface area contributed by atoms with E-state index in [2.05, 4.69) is 9.72 Å². The van der Waals surface area contributed by atoms with Gasteiger partial charge in [0.15, 0.2) is 0 Å². The predicted octanol–water partition coefficient (Wildman–Crippen LogP) is 2.43. The minimum Gasteiger partial charge on any atom is -0.465 e. The second kappa shape index (κ2) is 6.78. The largest absolute Gasteiger partial charge is 0.465 e. The van der Waals surface area contributed by atoms with E-state index in [1.54, 1.807) is 47.6 Å². The average molecular weight is 358 g/mol. The van der Waals surface area contributed by atoms with Crippen molar-refractivity contribution in [3.63, 3.8) is 0 Å². The summed E-state index contributed by atoms with van der Waals surface area (Å²) in [5.41, 5.74) is 1.08. The van der Waals surface area contributed by atoms with Gasteiger partial charge in [-0.2, -0.15) is 8.42 Å². The third-order valence-corrected chi connectivity index (χ3v) is 4.67. The number of rotatable bonds is 5. The van der Waals surface area contributed by atoms with Crippen molar-refractivity contribution in [1.82, 2.24) is 9.55 Å². The normalized spacial score (nSPS) is 11.1. The summed E-state index contributed by atoms with van der Waals surface area (Å²) < 4.78 is 36.1. The maximum Gasteiger partial charge on any atom is 0.339 e. The molecule has 3 rings (SSSR count). The first-order chi connectivity index (χ1) is 12.0. The topological polar surface area (TPSA) is 87.5 Å². The Kier molecular flexibility index (Phi) is 4.53. The van der Waals surface area contributed by atoms with E-state index in [0.717, 1.165) is 5.69 Å². The third-order valence-electron chi connectivity index (χ3n) is 3.41. The summed E-state index contributed by atoms with van der Waals surface area (Å²) in [4.78, 5) is 15.3. The lowest BCUT2D eigenvalue weighted by Crippen LogP contribution is -2.10. The summed E-state index contributed by atoms with van der Waals surface area (Å²) in [7, 11) is -2.75. The quantitative estimate of drug-likeness (QED) is 0.514. The molecule has 0 amide bonds. The Labute approximate surface area is 144 Å². The molecule has 1 aromatic heterocycles. The Morgan fingerprint density at radius 2 is 1.72 bits per heavy atom. The van der Waals surface area contributed by atoms with E-state index in [1.807, 2.05) is 0 Å². The molecule has 0 fully saturated rings. The Balaban J connectivity index is 1.78. The van der Waals surface area contributed by atoms with Gasteiger partial charge in [-0.05, 0) is 48.5 Å². The number of benzene rings is 2. The Morgan fingerprint density at radius 3 is 2.28 bits per heavy atom. The van der Waals surface area contributed by atoms with Crippen LogP contribution in [0.2, 0.25) is 0 Å². The highest BCUT2D eigenvalue weighted by Crippen LogP contribution is 2.21. The number of esters is 1. The molecule has 0 aliphatic heterocycles. The molecule has 3 aromatic rings. The molecule has 0 radical (unpaired) electrons. The molecular formula is C17H14N2O5S. The van der Waals surface area contributed by atoms with Gasteiger partial charge in [-0.15, -0.1) is 0 Å². The minimum absolute atomic E-state index is 0.0566. The van der Waals surface area contributed by atoms with E-state index in [4.69, 9.17) is 4.18 Å². The van der Waals surface area contributed by atoms with E-state index >= 15 is 0 Å². The van der Waals surface area contributed by atoms with E-state index < -0.39 is 16.1 Å². The number of methoxy groups -OCH3 is 1. The lowest BCUT2D eigenvalue weighted by molar-refractivity contribution is 0.0600. The van der Waals surface area contributed by atoms with Gasteiger partial charge in [-0.3, -0.25) is 0 Å². The first-order valence-electron chi connectivity index (χ1n) is 7.21. The van der Waals surface area contributed by atoms with Gasteiger partial charge in [0.2, 0.25) is 0 Å². The molecule has 0 bridgehead atoms. The van der Waals surface area contributed by atoms with Crippen LogP contribution in [0.5, 0.6) is 5.75 Å². The number of ether oxygens (including phenoxy) is 1. The van der Waals surface area contributed by atoms with Crippen LogP contribution in [0, 0.1) is 0 Å². The van der Waals surface area contributed by atoms with Crippen molar-refractivity contribution in [2.45, 2.75) is 4.90 Å². The van der Waals surface area contributed by atoms with Crippen molar-refractivity contribution in [3.05, 3.63) is 72.8 Å². The molecule has 0 aliphatic carbocycles. The monoisotopic (exact) mass is 358 g/mol. The van der Waals surface area contributed by atoms with Crippen molar-refractivity contribution >= 4 is 16.1 Å². The highest BCUT2D eigenvalue weighted by Gasteiger charge is 2.17. The molecule has 7 nitrogen and oxygen atoms in total. The zero-order valence-corrected chi connectivity index (χ0v) is 14.0. The molecule has 0 spiro atoms. The molecule has 128 valence electrons. The fourth-order valence-corrected chi connectivity index (χ4v) is 3.07. The lowest BCUT2D eigenvalue weighted by Gasteiger charge is -2.08. The molecule has 0 N–H and O–H groups in total. The SMILES string of the molecule is COC(=O)c1ccc(S(=O)(=O)Oc2ccc(-n3ccnc3)cc2)cc1. The number of nitrogens with zero attached hydrogens (tertiary/aromatic N) is 2. The van der Waals surface area contributed by atoms with E-state index in [0.29, 0.717) is 0 Å². The molecule has 0 saturated heterocycles. The standard InChI is InChI=1S/C17H14N2O5S/c1-23-17(20)13-2-8-16(9-3-13)25(21,22)24-15-6-4-14(5-7-15)19-11-10-18-12-19/h2-12H,1H3. The molecule has 8 heteroatoms. The smallest absolute Gasteiger partial charge is 0.339 e. The molecule has 0 unspecified atom stereocenters. The highest BCUT2D eigenvalue weighted by atomic mass is 32.2. The Morgan fingerprint density at radius 1 is 1.04 bits per heavy atom. The summed E-state index contributed by atoms with van der Waals surface area (Å²) in [6, 6.07) is 11.8. The van der Waals surface area contributed by atoms with Gasteiger partial charge in [-0.1, -0.05) is 0 Å². The molecule has 1 heterocycles. The summed E-state index contributed by atoms with van der Waals surface area (Å²) in [6.07, 6.45) is 5.05. The van der Waals surface area contributed by atoms with Crippen LogP contribution in [-0.2, 0) is 14.9 Å². The minimum atomic E-state index is -4.00. The third kappa shape index (κ3) is 3.69. The van der Waals surface area contributed by atoms with Crippen LogP contribution >= 0.6 is 0 Å². The van der Waals surface area contributed by atoms with Crippen molar-refractivity contribution in [1.29, 1.82) is 0 Å². The van der Waals surface area contributed by atoms with Crippen molar-refractivity contribution < 1.29 is 22.1 Å². The molecular weight excluding hydrogens is 344 g/mol. The zero-order chi connectivity index (χ0) is 17.9. The summed E-state index contributed by atoms with van der Waals surface area (Å²) >= 11 is 0. The lowest BCUT2D eigenvalue weighted by atomic mass is 10.2. The van der Waals surface area contributed by atoms with E-state index in [-0.39, 0.29) is 16.2 Å². The second-order valence-electron chi connectivity index (χ2n) is 5.02. The van der Waals surface area contributed by atoms with E-state index in [1.165, 1.54) is 31.4 Å². The van der Waals surface area contributed by atoms with E-state index in [9.17, 15) is 13.2 Å². The van der Waals surface area contributed by atoms with Gasteiger partial charge < -0.3 is 13.5 Å². The van der Waals surface area contributed by atoms with Crippen LogP contribution in [0.15, 0.2) is 72.1 Å². The van der Waals surface area contributed by atoms with Crippen LogP contribution in [0.25, 0.3) is 5.69 Å². The average Bonchev–Trinajstić information content (AvgIpc) is 3.16. The second-order valence-corrected chi connectivity index (χ2v) is 6.56. The first-order valence-corrected chi connectivity index (χ1v) is 8.62. The maximum atomic E-state index is 12.3. The number of hydrogen-bond acceptors (Lipinski definition) is 6. The Bertz CT molecular complexity index is 963. The first kappa shape index (κ1) is 16.7. The number of aromatic nitrogens is 2. The predicted molar refractivity (Wildman–Crippen MR) is 89.2 cm³/mol. The van der Waals surface area contributed by atoms with Gasteiger partial charge >= 0.3 is 16.1 Å². The molecule has 2 aromatic carbocycles. The zero-order valence-electron chi connectivity index (χ0n) is 13.2. The Hall–Kier alpha value is -3.13. The molecule has 25 heavy (non-hydrogen) atoms. The number of carbonyl (C=O) groups excluding carboxylic acids is 1. The van der Waals surface area contributed by atoms with Crippen LogP contribution < -0.4 is 4.18 Å². The van der Waals surface area contributed by atoms with Crippen LogP contribution in [0.1, 0.15) is 10.4 Å². The molecule has 0 saturated carbocycles. The van der Waals surface area contributed by atoms with Crippen LogP contribution in [-0.4, -0.2) is 31.0 Å². The van der Waals surface area contributed by atoms with Crippen molar-refractivity contribution in [2.75, 3.05) is 7.11 Å². The highest BCUT2D eigenvalue weighted by molar-refractivity contribution is 7.87. The summed E-state index contributed by atoms with van der Waals surface area (Å²) in [5.74, 6) is -0.360. The van der Waals surface area contributed by atoms with Crippen LogP contribution in [0.3, 0.4) is 0 Å². The number of hydrogen-bond donors (Lipinski definition) is 0. The summed E-state index contributed by atoms with van der Waals surface area (Å²) in [5, 5.41) is 0. The maximum absolute atomic E-state index is 12.3. The van der Waals surface area contributed by atoms with Gasteiger partial charge in [0.25, 0.3) is 0 Å². The van der Waals surface area contributed by atoms with Gasteiger partial charge in [0.1, 0.15) is 10.6 Å². The number of carbonyl (C=O) groups is 1. The van der Waals surface area contributed by atoms with Gasteiger partial charge in [0.05, 0.1) is 19.0 Å². The molecule has 0 aliphatic rings. The molecule has 0 atom stereocenters. The van der Waals surface area contributed by atoms with Crippen molar-refractivity contribution in [3.8, 4) is 11.4 Å². The fourth-order valence-electron chi connectivity index (χ4n) is 2.14. The van der Waals surface area contributed by atoms with Crippen LogP contribution in [0.4, 0.5) is 0 Å².